The van der Waals surface area contributed by atoms with E-state index in [2.05, 4.69) is 43.8 Å². The molecule has 0 unspecified atom stereocenters. The first-order chi connectivity index (χ1) is 18.7. The van der Waals surface area contributed by atoms with Crippen LogP contribution in [0.5, 0.6) is 0 Å². The van der Waals surface area contributed by atoms with E-state index in [0.29, 0.717) is 22.5 Å². The molecule has 0 aliphatic heterocycles. The molecule has 0 atom stereocenters. The number of anilines is 1. The Hall–Kier alpha value is -4.96. The molecule has 38 heavy (non-hydrogen) atoms. The van der Waals surface area contributed by atoms with Crippen LogP contribution in [0.1, 0.15) is 0 Å². The summed E-state index contributed by atoms with van der Waals surface area (Å²) in [4.78, 5) is 29.4. The van der Waals surface area contributed by atoms with Gasteiger partial charge in [0.05, 0.1) is 17.1 Å². The van der Waals surface area contributed by atoms with Gasteiger partial charge in [-0.25, -0.2) is 4.68 Å². The molecule has 6 aromatic rings. The molecule has 186 valence electrons. The summed E-state index contributed by atoms with van der Waals surface area (Å²) in [5.41, 5.74) is 2.18. The summed E-state index contributed by atoms with van der Waals surface area (Å²) in [7, 11) is 0. The summed E-state index contributed by atoms with van der Waals surface area (Å²) >= 11 is 1.26. The predicted molar refractivity (Wildman–Crippen MR) is 148 cm³/mol. The number of fused-ring (bicyclic) bond motifs is 1. The minimum absolute atomic E-state index is 0.0673. The van der Waals surface area contributed by atoms with Crippen LogP contribution in [0.3, 0.4) is 0 Å². The second-order valence-electron chi connectivity index (χ2n) is 8.39. The molecule has 9 nitrogen and oxygen atoms in total. The molecule has 0 fully saturated rings. The number of H-pyrrole nitrogens is 1. The molecule has 0 saturated carbocycles. The number of thioether (sulfide) groups is 1. The van der Waals surface area contributed by atoms with Gasteiger partial charge in [0, 0.05) is 29.4 Å². The van der Waals surface area contributed by atoms with Gasteiger partial charge >= 0.3 is 0 Å². The van der Waals surface area contributed by atoms with Crippen LogP contribution in [0, 0.1) is 0 Å². The molecular formula is C28H21N7O2S. The quantitative estimate of drug-likeness (QED) is 0.296. The van der Waals surface area contributed by atoms with Crippen molar-refractivity contribution < 1.29 is 4.79 Å². The van der Waals surface area contributed by atoms with Crippen LogP contribution in [0.2, 0.25) is 0 Å². The average molecular weight is 520 g/mol. The normalized spacial score (nSPS) is 11.1. The fourth-order valence-electron chi connectivity index (χ4n) is 4.22. The van der Waals surface area contributed by atoms with Crippen molar-refractivity contribution in [1.29, 1.82) is 0 Å². The Labute approximate surface area is 221 Å². The van der Waals surface area contributed by atoms with E-state index in [1.807, 2.05) is 59.2 Å². The summed E-state index contributed by atoms with van der Waals surface area (Å²) < 4.78 is 3.34. The SMILES string of the molecule is O=C(CSc1nnc(-c2ccncc2)n1-c1cccc2ccccc12)Nc1cc(=O)n(-c2ccccc2)[nH]1. The van der Waals surface area contributed by atoms with Crippen molar-refractivity contribution in [3.63, 3.8) is 0 Å². The number of pyridine rings is 1. The van der Waals surface area contributed by atoms with Crippen molar-refractivity contribution in [2.45, 2.75) is 5.16 Å². The zero-order chi connectivity index (χ0) is 25.9. The standard InChI is InChI=1S/C28H21N7O2S/c36-25(30-24-17-26(37)35(33-24)21-9-2-1-3-10-21)18-38-28-32-31-27(20-13-15-29-16-14-20)34(28)23-12-6-8-19-7-4-5-11-22(19)23/h1-17,33H,18H2,(H,30,36). The van der Waals surface area contributed by atoms with Crippen molar-refractivity contribution in [2.75, 3.05) is 11.1 Å². The molecule has 0 bridgehead atoms. The van der Waals surface area contributed by atoms with Gasteiger partial charge in [0.2, 0.25) is 5.91 Å². The Morgan fingerprint density at radius 1 is 0.895 bits per heavy atom. The van der Waals surface area contributed by atoms with Crippen LogP contribution in [0.25, 0.3) is 33.5 Å². The van der Waals surface area contributed by atoms with E-state index in [-0.39, 0.29) is 17.2 Å². The molecule has 3 heterocycles. The van der Waals surface area contributed by atoms with Gasteiger partial charge in [0.25, 0.3) is 5.56 Å². The lowest BCUT2D eigenvalue weighted by Crippen LogP contribution is -2.15. The van der Waals surface area contributed by atoms with Crippen molar-refractivity contribution in [3.05, 3.63) is 114 Å². The Morgan fingerprint density at radius 2 is 1.66 bits per heavy atom. The van der Waals surface area contributed by atoms with Gasteiger partial charge in [0.1, 0.15) is 5.82 Å². The number of benzene rings is 3. The van der Waals surface area contributed by atoms with Gasteiger partial charge in [-0.1, -0.05) is 66.4 Å². The maximum absolute atomic E-state index is 12.9. The van der Waals surface area contributed by atoms with Gasteiger partial charge in [-0.2, -0.15) is 0 Å². The minimum atomic E-state index is -0.283. The largest absolute Gasteiger partial charge is 0.310 e. The zero-order valence-electron chi connectivity index (χ0n) is 20.0. The van der Waals surface area contributed by atoms with Gasteiger partial charge in [-0.3, -0.25) is 24.2 Å². The predicted octanol–water partition coefficient (Wildman–Crippen LogP) is 4.69. The first kappa shape index (κ1) is 23.4. The number of amides is 1. The lowest BCUT2D eigenvalue weighted by molar-refractivity contribution is -0.113. The number of aromatic amines is 1. The third-order valence-electron chi connectivity index (χ3n) is 5.92. The Morgan fingerprint density at radius 3 is 2.50 bits per heavy atom. The van der Waals surface area contributed by atoms with Crippen molar-refractivity contribution in [1.82, 2.24) is 29.5 Å². The summed E-state index contributed by atoms with van der Waals surface area (Å²) in [5.74, 6) is 0.750. The number of carbonyl (C=O) groups is 1. The molecule has 0 aliphatic carbocycles. The van der Waals surface area contributed by atoms with Gasteiger partial charge in [0.15, 0.2) is 11.0 Å². The first-order valence-electron chi connectivity index (χ1n) is 11.8. The number of hydrogen-bond donors (Lipinski definition) is 2. The van der Waals surface area contributed by atoms with Crippen molar-refractivity contribution in [2.24, 2.45) is 0 Å². The number of para-hydroxylation sites is 1. The highest BCUT2D eigenvalue weighted by Gasteiger charge is 2.19. The number of nitrogens with zero attached hydrogens (tertiary/aromatic N) is 5. The Kier molecular flexibility index (Phi) is 6.29. The van der Waals surface area contributed by atoms with Gasteiger partial charge < -0.3 is 5.32 Å². The molecule has 10 heteroatoms. The van der Waals surface area contributed by atoms with Crippen LogP contribution < -0.4 is 10.9 Å². The lowest BCUT2D eigenvalue weighted by Gasteiger charge is -2.13. The second-order valence-corrected chi connectivity index (χ2v) is 9.33. The fraction of sp³-hybridized carbons (Fsp3) is 0.0357. The molecule has 0 spiro atoms. The number of carbonyl (C=O) groups excluding carboxylic acids is 1. The topological polar surface area (TPSA) is 110 Å². The van der Waals surface area contributed by atoms with Crippen molar-refractivity contribution in [3.8, 4) is 22.8 Å². The van der Waals surface area contributed by atoms with Crippen LogP contribution in [-0.4, -0.2) is 41.2 Å². The molecule has 0 aliphatic rings. The minimum Gasteiger partial charge on any atom is -0.310 e. The van der Waals surface area contributed by atoms with E-state index in [9.17, 15) is 9.59 Å². The van der Waals surface area contributed by atoms with Gasteiger partial charge in [-0.05, 0) is 35.7 Å². The molecule has 6 rings (SSSR count). The van der Waals surface area contributed by atoms with Crippen molar-refractivity contribution >= 4 is 34.3 Å². The van der Waals surface area contributed by atoms with Crippen LogP contribution in [-0.2, 0) is 4.79 Å². The molecule has 1 amide bonds. The van der Waals surface area contributed by atoms with Crippen LogP contribution >= 0.6 is 11.8 Å². The first-order valence-corrected chi connectivity index (χ1v) is 12.8. The van der Waals surface area contributed by atoms with Crippen LogP contribution in [0.4, 0.5) is 5.82 Å². The highest BCUT2D eigenvalue weighted by atomic mass is 32.2. The summed E-state index contributed by atoms with van der Waals surface area (Å²) in [6.07, 6.45) is 3.42. The fourth-order valence-corrected chi connectivity index (χ4v) is 4.96. The second kappa shape index (κ2) is 10.2. The monoisotopic (exact) mass is 519 g/mol. The van der Waals surface area contributed by atoms with E-state index >= 15 is 0 Å². The molecule has 0 saturated heterocycles. The van der Waals surface area contributed by atoms with Crippen LogP contribution in [0.15, 0.2) is 113 Å². The van der Waals surface area contributed by atoms with Gasteiger partial charge in [-0.15, -0.1) is 10.2 Å². The lowest BCUT2D eigenvalue weighted by atomic mass is 10.1. The smallest absolute Gasteiger partial charge is 0.273 e. The maximum Gasteiger partial charge on any atom is 0.273 e. The highest BCUT2D eigenvalue weighted by molar-refractivity contribution is 7.99. The molecule has 3 aromatic carbocycles. The third kappa shape index (κ3) is 4.60. The maximum atomic E-state index is 12.9. The molecule has 2 N–H and O–H groups in total. The number of rotatable bonds is 7. The van der Waals surface area contributed by atoms with E-state index < -0.39 is 0 Å². The highest BCUT2D eigenvalue weighted by Crippen LogP contribution is 2.31. The average Bonchev–Trinajstić information content (AvgIpc) is 3.55. The van der Waals surface area contributed by atoms with E-state index in [1.165, 1.54) is 22.5 Å². The number of aromatic nitrogens is 6. The Balaban J connectivity index is 1.29. The molecule has 0 radical (unpaired) electrons. The molecular weight excluding hydrogens is 498 g/mol. The molecule has 3 aromatic heterocycles. The number of nitrogens with one attached hydrogen (secondary N) is 2. The summed E-state index contributed by atoms with van der Waals surface area (Å²) in [6, 6.07) is 28.4. The third-order valence-corrected chi connectivity index (χ3v) is 6.85. The number of hydrogen-bond acceptors (Lipinski definition) is 6. The van der Waals surface area contributed by atoms with E-state index in [4.69, 9.17) is 0 Å². The zero-order valence-corrected chi connectivity index (χ0v) is 20.8. The van der Waals surface area contributed by atoms with E-state index in [1.54, 1.807) is 24.5 Å². The van der Waals surface area contributed by atoms with E-state index in [0.717, 1.165) is 22.0 Å². The Bertz CT molecular complexity index is 1790. The summed E-state index contributed by atoms with van der Waals surface area (Å²) in [5, 5.41) is 17.3. The summed E-state index contributed by atoms with van der Waals surface area (Å²) in [6.45, 7) is 0.